The lowest BCUT2D eigenvalue weighted by Gasteiger charge is -2.22. The number of aryl methyl sites for hydroxylation is 1. The standard InChI is InChI=1S/C18H20N4O/c1-3-17-20-21-18(23-17)13-19-15-11-7-8-12-16(15)22(2)14-9-5-4-6-10-14/h4-12,19H,3,13H2,1-2H3. The number of nitrogens with zero attached hydrogens (tertiary/aromatic N) is 3. The second kappa shape index (κ2) is 6.96. The Hall–Kier alpha value is -2.82. The maximum absolute atomic E-state index is 5.54. The van der Waals surface area contributed by atoms with E-state index in [-0.39, 0.29) is 0 Å². The van der Waals surface area contributed by atoms with Gasteiger partial charge in [0.05, 0.1) is 17.9 Å². The molecule has 1 heterocycles. The predicted octanol–water partition coefficient (Wildman–Crippen LogP) is 4.01. The highest BCUT2D eigenvalue weighted by molar-refractivity contribution is 5.75. The Morgan fingerprint density at radius 1 is 0.957 bits per heavy atom. The molecule has 0 aliphatic heterocycles. The number of aromatic nitrogens is 2. The van der Waals surface area contributed by atoms with E-state index in [0.717, 1.165) is 23.5 Å². The van der Waals surface area contributed by atoms with Crippen LogP contribution in [0.2, 0.25) is 0 Å². The van der Waals surface area contributed by atoms with Crippen LogP contribution in [0.1, 0.15) is 18.7 Å². The monoisotopic (exact) mass is 308 g/mol. The summed E-state index contributed by atoms with van der Waals surface area (Å²) >= 11 is 0. The van der Waals surface area contributed by atoms with E-state index in [2.05, 4.69) is 45.7 Å². The van der Waals surface area contributed by atoms with Gasteiger partial charge in [-0.25, -0.2) is 0 Å². The van der Waals surface area contributed by atoms with Crippen molar-refractivity contribution in [2.24, 2.45) is 0 Å². The van der Waals surface area contributed by atoms with Crippen molar-refractivity contribution in [3.63, 3.8) is 0 Å². The molecule has 0 fully saturated rings. The molecule has 0 saturated heterocycles. The third-order valence-electron chi connectivity index (χ3n) is 3.65. The van der Waals surface area contributed by atoms with Crippen LogP contribution in [0.5, 0.6) is 0 Å². The van der Waals surface area contributed by atoms with Crippen LogP contribution in [-0.4, -0.2) is 17.2 Å². The highest BCUT2D eigenvalue weighted by Crippen LogP contribution is 2.30. The number of hydrogen-bond donors (Lipinski definition) is 1. The highest BCUT2D eigenvalue weighted by atomic mass is 16.4. The van der Waals surface area contributed by atoms with Crippen molar-refractivity contribution in [3.05, 3.63) is 66.4 Å². The second-order valence-corrected chi connectivity index (χ2v) is 5.21. The fraction of sp³-hybridized carbons (Fsp3) is 0.222. The fourth-order valence-corrected chi connectivity index (χ4v) is 2.38. The van der Waals surface area contributed by atoms with Crippen LogP contribution in [0.3, 0.4) is 0 Å². The number of anilines is 3. The van der Waals surface area contributed by atoms with Crippen molar-refractivity contribution >= 4 is 17.1 Å². The Kier molecular flexibility index (Phi) is 4.57. The first-order valence-corrected chi connectivity index (χ1v) is 7.71. The SMILES string of the molecule is CCc1nnc(CNc2ccccc2N(C)c2ccccc2)o1. The van der Waals surface area contributed by atoms with Crippen LogP contribution in [0.15, 0.2) is 59.0 Å². The molecule has 1 N–H and O–H groups in total. The fourth-order valence-electron chi connectivity index (χ4n) is 2.38. The Bertz CT molecular complexity index is 754. The minimum Gasteiger partial charge on any atom is -0.423 e. The van der Waals surface area contributed by atoms with E-state index >= 15 is 0 Å². The minimum atomic E-state index is 0.507. The van der Waals surface area contributed by atoms with Crippen molar-refractivity contribution < 1.29 is 4.42 Å². The largest absolute Gasteiger partial charge is 0.423 e. The molecular formula is C18H20N4O. The first-order valence-electron chi connectivity index (χ1n) is 7.71. The molecule has 5 nitrogen and oxygen atoms in total. The van der Waals surface area contributed by atoms with Gasteiger partial charge in [-0.1, -0.05) is 37.3 Å². The third-order valence-corrected chi connectivity index (χ3v) is 3.65. The van der Waals surface area contributed by atoms with Gasteiger partial charge in [0.25, 0.3) is 0 Å². The topological polar surface area (TPSA) is 54.2 Å². The molecule has 0 bridgehead atoms. The zero-order chi connectivity index (χ0) is 16.1. The van der Waals surface area contributed by atoms with E-state index in [0.29, 0.717) is 18.3 Å². The maximum atomic E-state index is 5.54. The van der Waals surface area contributed by atoms with Gasteiger partial charge in [0.2, 0.25) is 11.8 Å². The summed E-state index contributed by atoms with van der Waals surface area (Å²) in [5, 5.41) is 11.4. The summed E-state index contributed by atoms with van der Waals surface area (Å²) in [5.41, 5.74) is 3.25. The van der Waals surface area contributed by atoms with Gasteiger partial charge < -0.3 is 14.6 Å². The normalized spacial score (nSPS) is 10.5. The van der Waals surface area contributed by atoms with Gasteiger partial charge in [0.1, 0.15) is 0 Å². The molecule has 23 heavy (non-hydrogen) atoms. The second-order valence-electron chi connectivity index (χ2n) is 5.21. The van der Waals surface area contributed by atoms with E-state index in [1.807, 2.05) is 43.3 Å². The van der Waals surface area contributed by atoms with Crippen molar-refractivity contribution in [2.45, 2.75) is 19.9 Å². The van der Waals surface area contributed by atoms with Crippen molar-refractivity contribution in [1.29, 1.82) is 0 Å². The first kappa shape index (κ1) is 15.1. The average Bonchev–Trinajstić information content (AvgIpc) is 3.08. The van der Waals surface area contributed by atoms with E-state index in [9.17, 15) is 0 Å². The van der Waals surface area contributed by atoms with Crippen LogP contribution in [0.4, 0.5) is 17.1 Å². The molecule has 3 rings (SSSR count). The van der Waals surface area contributed by atoms with Crippen LogP contribution in [-0.2, 0) is 13.0 Å². The van der Waals surface area contributed by atoms with Gasteiger partial charge in [0, 0.05) is 19.2 Å². The summed E-state index contributed by atoms with van der Waals surface area (Å²) in [5.74, 6) is 1.26. The highest BCUT2D eigenvalue weighted by Gasteiger charge is 2.10. The van der Waals surface area contributed by atoms with Crippen LogP contribution >= 0.6 is 0 Å². The Labute approximate surface area is 136 Å². The summed E-state index contributed by atoms with van der Waals surface area (Å²) in [6, 6.07) is 18.4. The molecule has 0 unspecified atom stereocenters. The Morgan fingerprint density at radius 2 is 1.65 bits per heavy atom. The first-order chi connectivity index (χ1) is 11.3. The molecular weight excluding hydrogens is 288 g/mol. The molecule has 0 atom stereocenters. The van der Waals surface area contributed by atoms with Gasteiger partial charge in [-0.15, -0.1) is 10.2 Å². The molecule has 0 spiro atoms. The zero-order valence-corrected chi connectivity index (χ0v) is 13.4. The summed E-state index contributed by atoms with van der Waals surface area (Å²) in [7, 11) is 2.05. The molecule has 118 valence electrons. The Balaban J connectivity index is 1.77. The smallest absolute Gasteiger partial charge is 0.235 e. The maximum Gasteiger partial charge on any atom is 0.235 e. The van der Waals surface area contributed by atoms with Crippen molar-refractivity contribution in [3.8, 4) is 0 Å². The molecule has 0 saturated carbocycles. The van der Waals surface area contributed by atoms with Crippen molar-refractivity contribution in [1.82, 2.24) is 10.2 Å². The molecule has 3 aromatic rings. The Morgan fingerprint density at radius 3 is 2.39 bits per heavy atom. The summed E-state index contributed by atoms with van der Waals surface area (Å²) in [6.07, 6.45) is 0.750. The third kappa shape index (κ3) is 3.51. The van der Waals surface area contributed by atoms with E-state index < -0.39 is 0 Å². The van der Waals surface area contributed by atoms with Gasteiger partial charge in [0.15, 0.2) is 0 Å². The molecule has 0 radical (unpaired) electrons. The molecule has 5 heteroatoms. The zero-order valence-electron chi connectivity index (χ0n) is 13.4. The quantitative estimate of drug-likeness (QED) is 0.745. The van der Waals surface area contributed by atoms with Gasteiger partial charge in [-0.05, 0) is 24.3 Å². The summed E-state index contributed by atoms with van der Waals surface area (Å²) in [6.45, 7) is 2.50. The van der Waals surface area contributed by atoms with E-state index in [4.69, 9.17) is 4.42 Å². The van der Waals surface area contributed by atoms with Crippen LogP contribution < -0.4 is 10.2 Å². The number of para-hydroxylation sites is 3. The van der Waals surface area contributed by atoms with Crippen LogP contribution in [0, 0.1) is 0 Å². The molecule has 0 aliphatic carbocycles. The molecule has 0 aliphatic rings. The molecule has 1 aromatic heterocycles. The van der Waals surface area contributed by atoms with E-state index in [1.54, 1.807) is 0 Å². The summed E-state index contributed by atoms with van der Waals surface area (Å²) < 4.78 is 5.54. The van der Waals surface area contributed by atoms with Crippen molar-refractivity contribution in [2.75, 3.05) is 17.3 Å². The number of hydrogen-bond acceptors (Lipinski definition) is 5. The van der Waals surface area contributed by atoms with Crippen LogP contribution in [0.25, 0.3) is 0 Å². The molecule has 0 amide bonds. The van der Waals surface area contributed by atoms with E-state index in [1.165, 1.54) is 0 Å². The van der Waals surface area contributed by atoms with Gasteiger partial charge in [-0.2, -0.15) is 0 Å². The van der Waals surface area contributed by atoms with Gasteiger partial charge >= 0.3 is 0 Å². The lowest BCUT2D eigenvalue weighted by molar-refractivity contribution is 0.460. The number of nitrogens with one attached hydrogen (secondary N) is 1. The number of benzene rings is 2. The average molecular weight is 308 g/mol. The summed E-state index contributed by atoms with van der Waals surface area (Å²) in [4.78, 5) is 2.15. The minimum absolute atomic E-state index is 0.507. The predicted molar refractivity (Wildman–Crippen MR) is 91.9 cm³/mol. The molecule has 2 aromatic carbocycles. The lowest BCUT2D eigenvalue weighted by atomic mass is 10.2. The van der Waals surface area contributed by atoms with Gasteiger partial charge in [-0.3, -0.25) is 0 Å². The number of rotatable bonds is 6. The lowest BCUT2D eigenvalue weighted by Crippen LogP contribution is -2.12.